The Kier molecular flexibility index (Phi) is 7.04. The lowest BCUT2D eigenvalue weighted by Crippen LogP contribution is -2.58. The molecule has 6 nitrogen and oxygen atoms in total. The summed E-state index contributed by atoms with van der Waals surface area (Å²) in [5.74, 6) is 0.729. The molecule has 0 aliphatic heterocycles. The van der Waals surface area contributed by atoms with Crippen molar-refractivity contribution in [1.82, 2.24) is 0 Å². The second-order valence-corrected chi connectivity index (χ2v) is 14.2. The van der Waals surface area contributed by atoms with Gasteiger partial charge in [0.05, 0.1) is 12.7 Å². The summed E-state index contributed by atoms with van der Waals surface area (Å²) < 4.78 is 5.38. The third-order valence-corrected chi connectivity index (χ3v) is 12.2. The molecule has 0 aromatic heterocycles. The van der Waals surface area contributed by atoms with Crippen molar-refractivity contribution in [2.75, 3.05) is 13.7 Å². The second-order valence-electron chi connectivity index (χ2n) is 14.2. The smallest absolute Gasteiger partial charge is 0.160 e. The van der Waals surface area contributed by atoms with Crippen molar-refractivity contribution < 1.29 is 29.3 Å². The van der Waals surface area contributed by atoms with Gasteiger partial charge in [0, 0.05) is 53.8 Å². The van der Waals surface area contributed by atoms with Crippen LogP contribution in [-0.2, 0) is 19.1 Å². The quantitative estimate of drug-likeness (QED) is 0.502. The Labute approximate surface area is 222 Å². The minimum atomic E-state index is -0.996. The molecular formula is C31H48O6. The monoisotopic (exact) mass is 516 g/mol. The first-order valence-corrected chi connectivity index (χ1v) is 14.2. The number of hydrogen-bond acceptors (Lipinski definition) is 6. The van der Waals surface area contributed by atoms with E-state index in [0.717, 1.165) is 30.4 Å². The fraction of sp³-hybridized carbons (Fsp3) is 0.839. The molecule has 0 bridgehead atoms. The lowest BCUT2D eigenvalue weighted by molar-refractivity contribution is -0.146. The molecule has 0 radical (unpaired) electrons. The van der Waals surface area contributed by atoms with Gasteiger partial charge in [0.2, 0.25) is 0 Å². The van der Waals surface area contributed by atoms with Gasteiger partial charge in [-0.1, -0.05) is 41.5 Å². The van der Waals surface area contributed by atoms with Crippen LogP contribution in [0.4, 0.5) is 0 Å². The van der Waals surface area contributed by atoms with E-state index in [1.54, 1.807) is 6.92 Å². The van der Waals surface area contributed by atoms with E-state index in [4.69, 9.17) is 4.74 Å². The largest absolute Gasteiger partial charge is 0.393 e. The summed E-state index contributed by atoms with van der Waals surface area (Å²) in [4.78, 5) is 40.8. The van der Waals surface area contributed by atoms with E-state index in [2.05, 4.69) is 27.7 Å². The van der Waals surface area contributed by atoms with Crippen LogP contribution in [0.15, 0.2) is 11.1 Å². The molecule has 2 saturated carbocycles. The van der Waals surface area contributed by atoms with Gasteiger partial charge in [-0.3, -0.25) is 14.4 Å². The molecule has 4 aliphatic carbocycles. The highest BCUT2D eigenvalue weighted by Crippen LogP contribution is 2.70. The SMILES string of the molecule is COC(C)(CO)C(O)CC[C@@H](C)[C@H]1CC[C@@]2(C)C3=C(C(=O)C[C@]12C)[C@@]1(C)CCC(=O)C(C)(C)[C@@H]1CC3=O. The maximum Gasteiger partial charge on any atom is 0.160 e. The van der Waals surface area contributed by atoms with Crippen molar-refractivity contribution in [1.29, 1.82) is 0 Å². The molecule has 4 rings (SSSR count). The zero-order chi connectivity index (χ0) is 27.8. The second kappa shape index (κ2) is 9.09. The number of methoxy groups -OCH3 is 1. The Balaban J connectivity index is 1.67. The summed E-state index contributed by atoms with van der Waals surface area (Å²) in [5, 5.41) is 20.4. The van der Waals surface area contributed by atoms with Gasteiger partial charge in [-0.2, -0.15) is 0 Å². The number of aliphatic hydroxyl groups is 2. The zero-order valence-corrected chi connectivity index (χ0v) is 24.2. The van der Waals surface area contributed by atoms with Gasteiger partial charge in [-0.25, -0.2) is 0 Å². The lowest BCUT2D eigenvalue weighted by Gasteiger charge is -2.59. The van der Waals surface area contributed by atoms with Crippen molar-refractivity contribution in [3.63, 3.8) is 0 Å². The van der Waals surface area contributed by atoms with E-state index in [9.17, 15) is 24.6 Å². The third kappa shape index (κ3) is 3.87. The summed E-state index contributed by atoms with van der Waals surface area (Å²) in [7, 11) is 1.50. The van der Waals surface area contributed by atoms with Crippen molar-refractivity contribution in [3.8, 4) is 0 Å². The highest BCUT2D eigenvalue weighted by Gasteiger charge is 2.67. The fourth-order valence-electron chi connectivity index (χ4n) is 9.16. The van der Waals surface area contributed by atoms with Gasteiger partial charge < -0.3 is 14.9 Å². The van der Waals surface area contributed by atoms with E-state index < -0.39 is 22.5 Å². The first-order valence-electron chi connectivity index (χ1n) is 14.2. The highest BCUT2D eigenvalue weighted by molar-refractivity contribution is 6.12. The Hall–Kier alpha value is -1.37. The molecule has 0 aromatic rings. The number of allylic oxidation sites excluding steroid dienone is 2. The Bertz CT molecular complexity index is 1020. The molecule has 0 saturated heterocycles. The Morgan fingerprint density at radius 2 is 1.68 bits per heavy atom. The molecule has 8 atom stereocenters. The third-order valence-electron chi connectivity index (χ3n) is 12.2. The van der Waals surface area contributed by atoms with Gasteiger partial charge in [0.1, 0.15) is 11.4 Å². The van der Waals surface area contributed by atoms with E-state index in [0.29, 0.717) is 32.1 Å². The number of rotatable bonds is 7. The van der Waals surface area contributed by atoms with Crippen LogP contribution in [-0.4, -0.2) is 53.0 Å². The van der Waals surface area contributed by atoms with Crippen LogP contribution in [0.3, 0.4) is 0 Å². The van der Waals surface area contributed by atoms with Gasteiger partial charge in [-0.05, 0) is 62.2 Å². The predicted octanol–water partition coefficient (Wildman–Crippen LogP) is 4.84. The standard InChI is InChI=1S/C31H48O6/c1-18(9-10-24(36)31(7,17-32)37-8)19-11-14-29(5)26-20(33)15-22-27(2,3)23(35)12-13-28(22,4)25(26)21(34)16-30(19,29)6/h18-19,22,24,32,36H,9-17H2,1-8H3/t18-,19-,22+,24?,28+,29+,30-,31?/m1/s1. The van der Waals surface area contributed by atoms with Crippen molar-refractivity contribution >= 4 is 17.3 Å². The molecule has 0 spiro atoms. The van der Waals surface area contributed by atoms with Crippen LogP contribution in [0, 0.1) is 39.4 Å². The molecular weight excluding hydrogens is 468 g/mol. The zero-order valence-electron chi connectivity index (χ0n) is 24.2. The number of hydrogen-bond donors (Lipinski definition) is 2. The molecule has 2 N–H and O–H groups in total. The summed E-state index contributed by atoms with van der Waals surface area (Å²) in [6, 6.07) is 0. The molecule has 0 aromatic carbocycles. The number of carbonyl (C=O) groups excluding carboxylic acids is 3. The topological polar surface area (TPSA) is 101 Å². The van der Waals surface area contributed by atoms with Crippen molar-refractivity contribution in [3.05, 3.63) is 11.1 Å². The molecule has 2 fully saturated rings. The van der Waals surface area contributed by atoms with E-state index in [-0.39, 0.29) is 52.5 Å². The average Bonchev–Trinajstić information content (AvgIpc) is 3.11. The number of aliphatic hydroxyl groups excluding tert-OH is 2. The summed E-state index contributed by atoms with van der Waals surface area (Å²) >= 11 is 0. The molecule has 37 heavy (non-hydrogen) atoms. The van der Waals surface area contributed by atoms with Crippen LogP contribution in [0.25, 0.3) is 0 Å². The van der Waals surface area contributed by atoms with E-state index >= 15 is 0 Å². The predicted molar refractivity (Wildman–Crippen MR) is 142 cm³/mol. The maximum atomic E-state index is 14.1. The number of fused-ring (bicyclic) bond motifs is 4. The van der Waals surface area contributed by atoms with Gasteiger partial charge in [0.15, 0.2) is 11.6 Å². The molecule has 208 valence electrons. The fourth-order valence-corrected chi connectivity index (χ4v) is 9.16. The van der Waals surface area contributed by atoms with Crippen molar-refractivity contribution in [2.45, 2.75) is 112 Å². The first-order chi connectivity index (χ1) is 17.0. The average molecular weight is 517 g/mol. The van der Waals surface area contributed by atoms with E-state index in [1.807, 2.05) is 13.8 Å². The first kappa shape index (κ1) is 28.6. The van der Waals surface area contributed by atoms with Crippen LogP contribution >= 0.6 is 0 Å². The van der Waals surface area contributed by atoms with Crippen LogP contribution < -0.4 is 0 Å². The van der Waals surface area contributed by atoms with Gasteiger partial charge >= 0.3 is 0 Å². The van der Waals surface area contributed by atoms with Crippen LogP contribution in [0.1, 0.15) is 99.8 Å². The number of carbonyl (C=O) groups is 3. The summed E-state index contributed by atoms with van der Waals surface area (Å²) in [6.07, 6.45) is 4.14. The molecule has 4 aliphatic rings. The molecule has 0 amide bonds. The molecule has 6 heteroatoms. The molecule has 0 heterocycles. The normalized spacial score (nSPS) is 40.5. The number of ketones is 3. The maximum absolute atomic E-state index is 14.1. The highest BCUT2D eigenvalue weighted by atomic mass is 16.5. The van der Waals surface area contributed by atoms with Crippen molar-refractivity contribution in [2.24, 2.45) is 39.4 Å². The number of Topliss-reactive ketones (excluding diaryl/α,β-unsaturated/α-hetero) is 3. The van der Waals surface area contributed by atoms with Crippen LogP contribution in [0.2, 0.25) is 0 Å². The minimum Gasteiger partial charge on any atom is -0.393 e. The van der Waals surface area contributed by atoms with Gasteiger partial charge in [0.25, 0.3) is 0 Å². The minimum absolute atomic E-state index is 0.0737. The Morgan fingerprint density at radius 1 is 1.03 bits per heavy atom. The van der Waals surface area contributed by atoms with Crippen LogP contribution in [0.5, 0.6) is 0 Å². The van der Waals surface area contributed by atoms with E-state index in [1.165, 1.54) is 7.11 Å². The summed E-state index contributed by atoms with van der Waals surface area (Å²) in [5.41, 5.74) is -1.24. The lowest BCUT2D eigenvalue weighted by atomic mass is 9.43. The van der Waals surface area contributed by atoms with Gasteiger partial charge in [-0.15, -0.1) is 0 Å². The summed E-state index contributed by atoms with van der Waals surface area (Å²) in [6.45, 7) is 14.1. The molecule has 2 unspecified atom stereocenters. The Morgan fingerprint density at radius 3 is 2.27 bits per heavy atom. The number of ether oxygens (including phenoxy) is 1.